The van der Waals surface area contributed by atoms with Gasteiger partial charge in [0.05, 0.1) is 12.3 Å². The zero-order chi connectivity index (χ0) is 23.0. The van der Waals surface area contributed by atoms with Crippen molar-refractivity contribution in [2.24, 2.45) is 0 Å². The number of carbonyl (C=O) groups is 1. The molecule has 2 aliphatic rings. The van der Waals surface area contributed by atoms with Gasteiger partial charge in [-0.05, 0) is 37.0 Å². The SMILES string of the molecule is CCS(=O)(=O)c1nc2c(n1Cc1ccc(Cl)cc1)C(O)N(CCCO)C(=O)C1CCCN21. The summed E-state index contributed by atoms with van der Waals surface area (Å²) < 4.78 is 27.4. The summed E-state index contributed by atoms with van der Waals surface area (Å²) in [7, 11) is -3.72. The van der Waals surface area contributed by atoms with Crippen LogP contribution in [0, 0.1) is 0 Å². The Morgan fingerprint density at radius 2 is 1.97 bits per heavy atom. The number of anilines is 1. The van der Waals surface area contributed by atoms with E-state index in [0.717, 1.165) is 12.0 Å². The van der Waals surface area contributed by atoms with Crippen LogP contribution in [-0.2, 0) is 21.2 Å². The molecule has 2 N–H and O–H groups in total. The maximum absolute atomic E-state index is 13.2. The number of aromatic nitrogens is 2. The van der Waals surface area contributed by atoms with Gasteiger partial charge in [-0.3, -0.25) is 4.79 Å². The molecule has 174 valence electrons. The van der Waals surface area contributed by atoms with Gasteiger partial charge in [-0.15, -0.1) is 0 Å². The van der Waals surface area contributed by atoms with E-state index in [9.17, 15) is 23.4 Å². The summed E-state index contributed by atoms with van der Waals surface area (Å²) in [6.07, 6.45) is 0.284. The quantitative estimate of drug-likeness (QED) is 0.615. The number of amides is 1. The van der Waals surface area contributed by atoms with Crippen LogP contribution in [-0.4, -0.2) is 70.5 Å². The van der Waals surface area contributed by atoms with E-state index < -0.39 is 22.1 Å². The van der Waals surface area contributed by atoms with Gasteiger partial charge >= 0.3 is 0 Å². The molecule has 2 unspecified atom stereocenters. The topological polar surface area (TPSA) is 116 Å². The molecule has 1 aromatic carbocycles. The maximum atomic E-state index is 13.2. The minimum atomic E-state index is -3.72. The van der Waals surface area contributed by atoms with Gasteiger partial charge in [0.25, 0.3) is 0 Å². The van der Waals surface area contributed by atoms with E-state index in [-0.39, 0.29) is 42.2 Å². The number of imidazole rings is 1. The van der Waals surface area contributed by atoms with E-state index >= 15 is 0 Å². The van der Waals surface area contributed by atoms with Crippen LogP contribution in [0.4, 0.5) is 5.82 Å². The Labute approximate surface area is 192 Å². The molecule has 0 spiro atoms. The Kier molecular flexibility index (Phi) is 6.49. The minimum Gasteiger partial charge on any atom is -0.396 e. The van der Waals surface area contributed by atoms with E-state index in [0.29, 0.717) is 30.2 Å². The minimum absolute atomic E-state index is 0.124. The van der Waals surface area contributed by atoms with Crippen LogP contribution in [0.5, 0.6) is 0 Å². The lowest BCUT2D eigenvalue weighted by Crippen LogP contribution is -2.45. The molecule has 0 bridgehead atoms. The number of hydrogen-bond acceptors (Lipinski definition) is 7. The van der Waals surface area contributed by atoms with Crippen molar-refractivity contribution >= 4 is 33.2 Å². The van der Waals surface area contributed by atoms with Crippen LogP contribution in [0.25, 0.3) is 0 Å². The van der Waals surface area contributed by atoms with Gasteiger partial charge in [-0.2, -0.15) is 0 Å². The Balaban J connectivity index is 1.91. The summed E-state index contributed by atoms with van der Waals surface area (Å²) in [5.74, 6) is -0.0452. The lowest BCUT2D eigenvalue weighted by Gasteiger charge is -2.29. The molecule has 1 saturated heterocycles. The van der Waals surface area contributed by atoms with Crippen molar-refractivity contribution in [3.8, 4) is 0 Å². The highest BCUT2D eigenvalue weighted by atomic mass is 35.5. The van der Waals surface area contributed by atoms with E-state index in [4.69, 9.17) is 11.6 Å². The van der Waals surface area contributed by atoms with Gasteiger partial charge in [0.1, 0.15) is 11.7 Å². The van der Waals surface area contributed by atoms with Crippen molar-refractivity contribution in [3.05, 3.63) is 40.5 Å². The summed E-state index contributed by atoms with van der Waals surface area (Å²) in [6.45, 7) is 2.27. The lowest BCUT2D eigenvalue weighted by molar-refractivity contribution is -0.143. The third-order valence-electron chi connectivity index (χ3n) is 6.05. The monoisotopic (exact) mass is 482 g/mol. The molecule has 1 aromatic heterocycles. The van der Waals surface area contributed by atoms with E-state index in [1.54, 1.807) is 31.2 Å². The van der Waals surface area contributed by atoms with Gasteiger partial charge in [0.2, 0.25) is 20.9 Å². The number of carbonyl (C=O) groups excluding carboxylic acids is 1. The smallest absolute Gasteiger partial charge is 0.247 e. The second kappa shape index (κ2) is 9.01. The summed E-state index contributed by atoms with van der Waals surface area (Å²) in [6, 6.07) is 6.48. The highest BCUT2D eigenvalue weighted by Gasteiger charge is 2.45. The molecule has 3 heterocycles. The summed E-state index contributed by atoms with van der Waals surface area (Å²) in [5.41, 5.74) is 1.06. The molecule has 4 rings (SSSR count). The van der Waals surface area contributed by atoms with Crippen LogP contribution >= 0.6 is 11.6 Å². The highest BCUT2D eigenvalue weighted by Crippen LogP contribution is 2.40. The number of benzene rings is 1. The predicted octanol–water partition coefficient (Wildman–Crippen LogP) is 1.56. The Bertz CT molecular complexity index is 1100. The lowest BCUT2D eigenvalue weighted by atomic mass is 10.2. The summed E-state index contributed by atoms with van der Waals surface area (Å²) >= 11 is 6.00. The third-order valence-corrected chi connectivity index (χ3v) is 7.93. The number of aliphatic hydroxyl groups excluding tert-OH is 2. The molecule has 2 aromatic rings. The molecule has 9 nitrogen and oxygen atoms in total. The molecular formula is C21H27ClN4O5S. The largest absolute Gasteiger partial charge is 0.396 e. The average Bonchev–Trinajstić information content (AvgIpc) is 3.38. The summed E-state index contributed by atoms with van der Waals surface area (Å²) in [5, 5.41) is 21.1. The highest BCUT2D eigenvalue weighted by molar-refractivity contribution is 7.91. The molecule has 11 heteroatoms. The first-order chi connectivity index (χ1) is 15.3. The number of aliphatic hydroxyl groups is 2. The normalized spacial score (nSPS) is 20.9. The second-order valence-corrected chi connectivity index (χ2v) is 10.7. The first-order valence-electron chi connectivity index (χ1n) is 10.7. The average molecular weight is 483 g/mol. The molecule has 2 aliphatic heterocycles. The maximum Gasteiger partial charge on any atom is 0.247 e. The fraction of sp³-hybridized carbons (Fsp3) is 0.524. The number of fused-ring (bicyclic) bond motifs is 3. The van der Waals surface area contributed by atoms with E-state index in [1.807, 2.05) is 4.90 Å². The third kappa shape index (κ3) is 4.00. The van der Waals surface area contributed by atoms with Crippen molar-refractivity contribution in [1.82, 2.24) is 14.5 Å². The number of hydrogen-bond donors (Lipinski definition) is 2. The first-order valence-corrected chi connectivity index (χ1v) is 12.7. The molecule has 0 radical (unpaired) electrons. The molecule has 0 saturated carbocycles. The van der Waals surface area contributed by atoms with Crippen molar-refractivity contribution in [3.63, 3.8) is 0 Å². The second-order valence-electron chi connectivity index (χ2n) is 8.05. The Hall–Kier alpha value is -2.14. The van der Waals surface area contributed by atoms with Gasteiger partial charge in [-0.1, -0.05) is 30.7 Å². The van der Waals surface area contributed by atoms with Crippen molar-refractivity contribution in [2.75, 3.05) is 30.3 Å². The van der Waals surface area contributed by atoms with Gasteiger partial charge in [-0.25, -0.2) is 13.4 Å². The molecule has 1 fully saturated rings. The molecular weight excluding hydrogens is 456 g/mol. The fourth-order valence-corrected chi connectivity index (χ4v) is 5.51. The Morgan fingerprint density at radius 1 is 1.25 bits per heavy atom. The number of nitrogens with zero attached hydrogens (tertiary/aromatic N) is 4. The van der Waals surface area contributed by atoms with Crippen molar-refractivity contribution < 1.29 is 23.4 Å². The van der Waals surface area contributed by atoms with Crippen LogP contribution < -0.4 is 4.90 Å². The van der Waals surface area contributed by atoms with E-state index in [1.165, 1.54) is 9.47 Å². The van der Waals surface area contributed by atoms with E-state index in [2.05, 4.69) is 4.98 Å². The van der Waals surface area contributed by atoms with Gasteiger partial charge in [0.15, 0.2) is 12.0 Å². The van der Waals surface area contributed by atoms with Crippen molar-refractivity contribution in [1.29, 1.82) is 0 Å². The van der Waals surface area contributed by atoms with Crippen LogP contribution in [0.1, 0.15) is 43.7 Å². The number of sulfone groups is 1. The summed E-state index contributed by atoms with van der Waals surface area (Å²) in [4.78, 5) is 20.9. The Morgan fingerprint density at radius 3 is 2.62 bits per heavy atom. The van der Waals surface area contributed by atoms with Gasteiger partial charge < -0.3 is 24.6 Å². The van der Waals surface area contributed by atoms with Crippen LogP contribution in [0.3, 0.4) is 0 Å². The number of halogens is 1. The van der Waals surface area contributed by atoms with Crippen LogP contribution in [0.15, 0.2) is 29.4 Å². The first kappa shape index (κ1) is 23.0. The predicted molar refractivity (Wildman–Crippen MR) is 119 cm³/mol. The van der Waals surface area contributed by atoms with Gasteiger partial charge in [0, 0.05) is 24.7 Å². The molecule has 32 heavy (non-hydrogen) atoms. The van der Waals surface area contributed by atoms with Crippen molar-refractivity contribution in [2.45, 2.75) is 50.2 Å². The molecule has 1 amide bonds. The fourth-order valence-electron chi connectivity index (χ4n) is 4.40. The zero-order valence-electron chi connectivity index (χ0n) is 17.8. The number of rotatable bonds is 7. The molecule has 0 aliphatic carbocycles. The standard InChI is InChI=1S/C21H27ClN4O5S/c1-2-32(30,31)21-23-18-17(26(21)13-14-6-8-15(22)9-7-14)20(29)25(11-4-12-27)19(28)16-5-3-10-24(16)18/h6-9,16,20,27,29H,2-5,10-13H2,1H3. The molecule has 2 atom stereocenters. The zero-order valence-corrected chi connectivity index (χ0v) is 19.4. The van der Waals surface area contributed by atoms with Crippen LogP contribution in [0.2, 0.25) is 5.02 Å².